The van der Waals surface area contributed by atoms with Gasteiger partial charge in [-0.2, -0.15) is 4.98 Å². The maximum Gasteiger partial charge on any atom is 0.306 e. The highest BCUT2D eigenvalue weighted by atomic mass is 19.1. The van der Waals surface area contributed by atoms with Gasteiger partial charge in [0.25, 0.3) is 5.89 Å². The minimum absolute atomic E-state index is 0.167. The second kappa shape index (κ2) is 10.6. The van der Waals surface area contributed by atoms with E-state index in [-0.39, 0.29) is 17.5 Å². The molecule has 5 aromatic rings. The summed E-state index contributed by atoms with van der Waals surface area (Å²) in [5, 5.41) is 12.7. The number of nitrogens with zero attached hydrogens (tertiary/aromatic N) is 5. The number of rotatable bonds is 7. The molecule has 0 bridgehead atoms. The van der Waals surface area contributed by atoms with Gasteiger partial charge in [0.05, 0.1) is 0 Å². The summed E-state index contributed by atoms with van der Waals surface area (Å²) in [4.78, 5) is 16.7. The molecule has 198 valence electrons. The molecule has 9 heteroatoms. The first-order valence-electron chi connectivity index (χ1n) is 12.6. The monoisotopic (exact) mass is 525 g/mol. The Bertz CT molecular complexity index is 1620. The summed E-state index contributed by atoms with van der Waals surface area (Å²) in [5.74, 6) is -0.107. The predicted octanol–water partition coefficient (Wildman–Crippen LogP) is 6.37. The number of benzene rings is 3. The number of halogens is 1. The molecule has 0 aliphatic heterocycles. The van der Waals surface area contributed by atoms with E-state index in [4.69, 9.17) is 9.26 Å². The van der Waals surface area contributed by atoms with Crippen LogP contribution in [-0.4, -0.2) is 36.7 Å². The Morgan fingerprint density at radius 3 is 2.49 bits per heavy atom. The summed E-state index contributed by atoms with van der Waals surface area (Å²) in [5.41, 5.74) is 4.12. The third-order valence-corrected chi connectivity index (χ3v) is 6.00. The zero-order valence-electron chi connectivity index (χ0n) is 22.2. The van der Waals surface area contributed by atoms with Gasteiger partial charge in [0.15, 0.2) is 5.69 Å². The van der Waals surface area contributed by atoms with Gasteiger partial charge in [-0.3, -0.25) is 4.79 Å². The molecular weight excluding hydrogens is 497 g/mol. The van der Waals surface area contributed by atoms with E-state index in [0.717, 1.165) is 22.3 Å². The van der Waals surface area contributed by atoms with Crippen LogP contribution in [0.4, 0.5) is 4.39 Å². The van der Waals surface area contributed by atoms with Crippen LogP contribution in [0.1, 0.15) is 38.3 Å². The van der Waals surface area contributed by atoms with Gasteiger partial charge in [-0.1, -0.05) is 71.0 Å². The first-order valence-corrected chi connectivity index (χ1v) is 12.6. The average molecular weight is 526 g/mol. The summed E-state index contributed by atoms with van der Waals surface area (Å²) >= 11 is 0. The summed E-state index contributed by atoms with van der Waals surface area (Å²) in [6.45, 7) is 7.51. The van der Waals surface area contributed by atoms with Gasteiger partial charge in [-0.25, -0.2) is 9.07 Å². The van der Waals surface area contributed by atoms with Crippen molar-refractivity contribution in [3.63, 3.8) is 0 Å². The van der Waals surface area contributed by atoms with Crippen LogP contribution in [0.5, 0.6) is 0 Å². The SMILES string of the molecule is Cc1cc(CCC(=O)OC(C)(C)C)ccc1-c1noc(-c2nnn(-c3ccccc3F)c2-c2ccccc2)n1. The Hall–Kier alpha value is -4.66. The fourth-order valence-electron chi connectivity index (χ4n) is 4.27. The quantitative estimate of drug-likeness (QED) is 0.228. The maximum absolute atomic E-state index is 14.7. The molecule has 0 atom stereocenters. The van der Waals surface area contributed by atoms with Gasteiger partial charge in [0.1, 0.15) is 22.8 Å². The molecule has 0 radical (unpaired) electrons. The number of carbonyl (C=O) groups excluding carboxylic acids is 1. The summed E-state index contributed by atoms with van der Waals surface area (Å²) in [6.07, 6.45) is 0.857. The van der Waals surface area contributed by atoms with E-state index < -0.39 is 11.4 Å². The zero-order valence-corrected chi connectivity index (χ0v) is 22.2. The van der Waals surface area contributed by atoms with E-state index in [1.807, 2.05) is 76.2 Å². The van der Waals surface area contributed by atoms with Gasteiger partial charge in [0, 0.05) is 17.5 Å². The molecule has 0 aliphatic carbocycles. The van der Waals surface area contributed by atoms with E-state index >= 15 is 0 Å². The van der Waals surface area contributed by atoms with Gasteiger partial charge in [-0.15, -0.1) is 5.10 Å². The van der Waals surface area contributed by atoms with Crippen LogP contribution in [0.15, 0.2) is 77.3 Å². The van der Waals surface area contributed by atoms with E-state index in [1.54, 1.807) is 18.2 Å². The standard InChI is InChI=1S/C30H28FN5O3/c1-19-18-20(15-17-25(37)38-30(2,3)4)14-16-22(19)28-32-29(39-34-28)26-27(21-10-6-5-7-11-21)36(35-33-26)24-13-9-8-12-23(24)31/h5-14,16,18H,15,17H2,1-4H3. The van der Waals surface area contributed by atoms with E-state index in [1.165, 1.54) is 10.7 Å². The Morgan fingerprint density at radius 2 is 1.77 bits per heavy atom. The lowest BCUT2D eigenvalue weighted by molar-refractivity contribution is -0.154. The second-order valence-electron chi connectivity index (χ2n) is 10.2. The summed E-state index contributed by atoms with van der Waals surface area (Å²) in [6, 6.07) is 21.6. The lowest BCUT2D eigenvalue weighted by atomic mass is 10.0. The summed E-state index contributed by atoms with van der Waals surface area (Å²) in [7, 11) is 0. The van der Waals surface area contributed by atoms with Crippen molar-refractivity contribution < 1.29 is 18.4 Å². The molecule has 0 aliphatic rings. The van der Waals surface area contributed by atoms with Crippen molar-refractivity contribution in [2.24, 2.45) is 0 Å². The molecule has 39 heavy (non-hydrogen) atoms. The van der Waals surface area contributed by atoms with Gasteiger partial charge < -0.3 is 9.26 Å². The van der Waals surface area contributed by atoms with Gasteiger partial charge in [-0.05, 0) is 57.4 Å². The molecule has 0 saturated carbocycles. The van der Waals surface area contributed by atoms with E-state index in [0.29, 0.717) is 30.1 Å². The molecule has 2 heterocycles. The molecule has 2 aromatic heterocycles. The highest BCUT2D eigenvalue weighted by molar-refractivity contribution is 5.76. The molecule has 3 aromatic carbocycles. The number of ether oxygens (including phenoxy) is 1. The molecule has 0 amide bonds. The molecule has 0 fully saturated rings. The number of carbonyl (C=O) groups is 1. The molecular formula is C30H28FN5O3. The number of esters is 1. The normalized spacial score (nSPS) is 11.5. The van der Waals surface area contributed by atoms with Crippen molar-refractivity contribution in [2.45, 2.75) is 46.1 Å². The van der Waals surface area contributed by atoms with Crippen molar-refractivity contribution in [1.82, 2.24) is 25.1 Å². The summed E-state index contributed by atoms with van der Waals surface area (Å²) < 4.78 is 27.2. The van der Waals surface area contributed by atoms with Crippen LogP contribution in [0.2, 0.25) is 0 Å². The maximum atomic E-state index is 14.7. The number of hydrogen-bond acceptors (Lipinski definition) is 7. The highest BCUT2D eigenvalue weighted by Crippen LogP contribution is 2.33. The number of para-hydroxylation sites is 1. The minimum Gasteiger partial charge on any atom is -0.460 e. The van der Waals surface area contributed by atoms with Crippen molar-refractivity contribution >= 4 is 5.97 Å². The number of aryl methyl sites for hydroxylation is 2. The molecule has 8 nitrogen and oxygen atoms in total. The third-order valence-electron chi connectivity index (χ3n) is 6.00. The van der Waals surface area contributed by atoms with E-state index in [2.05, 4.69) is 20.5 Å². The molecule has 0 spiro atoms. The van der Waals surface area contributed by atoms with Crippen molar-refractivity contribution in [3.05, 3.63) is 89.7 Å². The van der Waals surface area contributed by atoms with Crippen LogP contribution in [0.25, 0.3) is 39.9 Å². The molecule has 0 unspecified atom stereocenters. The Kier molecular flexibility index (Phi) is 7.06. The zero-order chi connectivity index (χ0) is 27.6. The van der Waals surface area contributed by atoms with Gasteiger partial charge >= 0.3 is 5.97 Å². The second-order valence-corrected chi connectivity index (χ2v) is 10.2. The smallest absolute Gasteiger partial charge is 0.306 e. The van der Waals surface area contributed by atoms with Crippen molar-refractivity contribution in [1.29, 1.82) is 0 Å². The third kappa shape index (κ3) is 5.77. The highest BCUT2D eigenvalue weighted by Gasteiger charge is 2.24. The molecule has 5 rings (SSSR count). The lowest BCUT2D eigenvalue weighted by Crippen LogP contribution is -2.24. The van der Waals surface area contributed by atoms with Crippen LogP contribution < -0.4 is 0 Å². The van der Waals surface area contributed by atoms with Crippen LogP contribution in [0, 0.1) is 12.7 Å². The average Bonchev–Trinajstić information content (AvgIpc) is 3.55. The molecule has 0 N–H and O–H groups in total. The van der Waals surface area contributed by atoms with Crippen molar-refractivity contribution in [2.75, 3.05) is 0 Å². The van der Waals surface area contributed by atoms with Crippen LogP contribution >= 0.6 is 0 Å². The predicted molar refractivity (Wildman–Crippen MR) is 144 cm³/mol. The number of hydrogen-bond donors (Lipinski definition) is 0. The van der Waals surface area contributed by atoms with E-state index in [9.17, 15) is 9.18 Å². The Balaban J connectivity index is 1.44. The first kappa shape index (κ1) is 26.0. The Morgan fingerprint density at radius 1 is 1.03 bits per heavy atom. The van der Waals surface area contributed by atoms with Crippen molar-refractivity contribution in [3.8, 4) is 39.9 Å². The van der Waals surface area contributed by atoms with Crippen LogP contribution in [0.3, 0.4) is 0 Å². The fraction of sp³-hybridized carbons (Fsp3) is 0.233. The molecule has 0 saturated heterocycles. The Labute approximate surface area is 225 Å². The fourth-order valence-corrected chi connectivity index (χ4v) is 4.27. The topological polar surface area (TPSA) is 95.9 Å². The minimum atomic E-state index is -0.506. The number of aromatic nitrogens is 5. The lowest BCUT2D eigenvalue weighted by Gasteiger charge is -2.19. The van der Waals surface area contributed by atoms with Crippen LogP contribution in [-0.2, 0) is 16.0 Å². The first-order chi connectivity index (χ1) is 18.7. The largest absolute Gasteiger partial charge is 0.460 e. The van der Waals surface area contributed by atoms with Gasteiger partial charge in [0.2, 0.25) is 5.82 Å².